The Hall–Kier alpha value is -2.37. The molecule has 0 aromatic carbocycles. The number of carbonyl (C=O) groups is 2. The molecule has 2 aliphatic carbocycles. The summed E-state index contributed by atoms with van der Waals surface area (Å²) < 4.78 is 1.77. The predicted octanol–water partition coefficient (Wildman–Crippen LogP) is 2.58. The first-order valence-electron chi connectivity index (χ1n) is 10.3. The number of carbonyl (C=O) groups excluding carboxylic acids is 2. The number of nitrogens with one attached hydrogen (secondary N) is 2. The standard InChI is InChI=1S/C22H31N3O3/c1-13(2)10-25-11-18(20(26)19(12-25)22(28)24-14(3)4)21(27)23-9-17-8-15-5-6-16(17)7-15/h5-6,11-17H,7-10H2,1-4H3,(H,23,27)(H,24,28)/t15-,16+,17-/m0/s1. The Balaban J connectivity index is 1.81. The molecule has 3 atom stereocenters. The second-order valence-electron chi connectivity index (χ2n) is 8.88. The maximum absolute atomic E-state index is 12.8. The third-order valence-corrected chi connectivity index (χ3v) is 5.51. The Labute approximate surface area is 166 Å². The van der Waals surface area contributed by atoms with Gasteiger partial charge in [-0.05, 0) is 50.4 Å². The average molecular weight is 386 g/mol. The number of nitrogens with zero attached hydrogens (tertiary/aromatic N) is 1. The van der Waals surface area contributed by atoms with Gasteiger partial charge in [0.2, 0.25) is 5.43 Å². The van der Waals surface area contributed by atoms with Gasteiger partial charge in [-0.15, -0.1) is 0 Å². The van der Waals surface area contributed by atoms with E-state index < -0.39 is 17.2 Å². The van der Waals surface area contributed by atoms with E-state index in [4.69, 9.17) is 0 Å². The van der Waals surface area contributed by atoms with Gasteiger partial charge in [-0.25, -0.2) is 0 Å². The maximum Gasteiger partial charge on any atom is 0.256 e. The Kier molecular flexibility index (Phi) is 6.06. The molecule has 0 saturated heterocycles. The summed E-state index contributed by atoms with van der Waals surface area (Å²) in [4.78, 5) is 38.1. The van der Waals surface area contributed by atoms with Gasteiger partial charge in [0, 0.05) is 31.5 Å². The monoisotopic (exact) mass is 385 g/mol. The third kappa shape index (κ3) is 4.54. The maximum atomic E-state index is 12.8. The smallest absolute Gasteiger partial charge is 0.256 e. The molecule has 6 heteroatoms. The van der Waals surface area contributed by atoms with E-state index >= 15 is 0 Å². The highest BCUT2D eigenvalue weighted by Gasteiger charge is 2.35. The highest BCUT2D eigenvalue weighted by atomic mass is 16.2. The zero-order valence-corrected chi connectivity index (χ0v) is 17.2. The lowest BCUT2D eigenvalue weighted by atomic mass is 9.93. The van der Waals surface area contributed by atoms with Crippen molar-refractivity contribution in [1.29, 1.82) is 0 Å². The van der Waals surface area contributed by atoms with Crippen LogP contribution in [0.15, 0.2) is 29.3 Å². The molecule has 1 aromatic heterocycles. The van der Waals surface area contributed by atoms with Crippen molar-refractivity contribution in [3.05, 3.63) is 45.9 Å². The molecule has 0 spiro atoms. The van der Waals surface area contributed by atoms with Crippen LogP contribution in [0.4, 0.5) is 0 Å². The van der Waals surface area contributed by atoms with Gasteiger partial charge < -0.3 is 15.2 Å². The van der Waals surface area contributed by atoms with E-state index in [1.807, 2.05) is 27.7 Å². The number of aromatic nitrogens is 1. The number of hydrogen-bond acceptors (Lipinski definition) is 3. The fourth-order valence-electron chi connectivity index (χ4n) is 4.27. The molecule has 0 radical (unpaired) electrons. The van der Waals surface area contributed by atoms with Crippen LogP contribution < -0.4 is 16.1 Å². The second kappa shape index (κ2) is 8.33. The van der Waals surface area contributed by atoms with Crippen LogP contribution in [-0.4, -0.2) is 29.0 Å². The quantitative estimate of drug-likeness (QED) is 0.708. The molecule has 1 fully saturated rings. The minimum atomic E-state index is -0.511. The molecule has 2 aliphatic rings. The van der Waals surface area contributed by atoms with Gasteiger partial charge in [-0.2, -0.15) is 0 Å². The average Bonchev–Trinajstić information content (AvgIpc) is 3.22. The van der Waals surface area contributed by atoms with E-state index in [1.54, 1.807) is 17.0 Å². The van der Waals surface area contributed by atoms with Crippen molar-refractivity contribution in [2.45, 2.75) is 53.1 Å². The molecular formula is C22H31N3O3. The minimum absolute atomic E-state index is 0.0184. The SMILES string of the molecule is CC(C)Cn1cc(C(=O)NC[C@@H]2C[C@H]3C=C[C@@H]2C3)c(=O)c(C(=O)NC(C)C)c1. The van der Waals surface area contributed by atoms with Crippen LogP contribution in [0.3, 0.4) is 0 Å². The molecule has 1 aromatic rings. The van der Waals surface area contributed by atoms with Crippen LogP contribution in [0.5, 0.6) is 0 Å². The molecule has 1 heterocycles. The third-order valence-electron chi connectivity index (χ3n) is 5.51. The predicted molar refractivity (Wildman–Crippen MR) is 109 cm³/mol. The largest absolute Gasteiger partial charge is 0.352 e. The minimum Gasteiger partial charge on any atom is -0.352 e. The fraction of sp³-hybridized carbons (Fsp3) is 0.591. The number of fused-ring (bicyclic) bond motifs is 2. The number of pyridine rings is 1. The zero-order chi connectivity index (χ0) is 20.4. The van der Waals surface area contributed by atoms with Gasteiger partial charge in [0.15, 0.2) is 0 Å². The lowest BCUT2D eigenvalue weighted by Crippen LogP contribution is -2.39. The Morgan fingerprint density at radius 1 is 1.07 bits per heavy atom. The molecule has 2 bridgehead atoms. The summed E-state index contributed by atoms with van der Waals surface area (Å²) in [6.07, 6.45) is 9.91. The van der Waals surface area contributed by atoms with Gasteiger partial charge in [-0.1, -0.05) is 26.0 Å². The van der Waals surface area contributed by atoms with Crippen molar-refractivity contribution >= 4 is 11.8 Å². The lowest BCUT2D eigenvalue weighted by Gasteiger charge is -2.19. The van der Waals surface area contributed by atoms with Crippen molar-refractivity contribution in [2.75, 3.05) is 6.54 Å². The highest BCUT2D eigenvalue weighted by molar-refractivity contribution is 5.99. The molecular weight excluding hydrogens is 354 g/mol. The fourth-order valence-corrected chi connectivity index (χ4v) is 4.27. The van der Waals surface area contributed by atoms with Crippen LogP contribution in [-0.2, 0) is 6.54 Å². The van der Waals surface area contributed by atoms with Gasteiger partial charge in [0.05, 0.1) is 0 Å². The summed E-state index contributed by atoms with van der Waals surface area (Å²) in [7, 11) is 0. The Morgan fingerprint density at radius 3 is 2.29 bits per heavy atom. The van der Waals surface area contributed by atoms with Crippen molar-refractivity contribution in [1.82, 2.24) is 15.2 Å². The van der Waals surface area contributed by atoms with E-state index in [9.17, 15) is 14.4 Å². The Morgan fingerprint density at radius 2 is 1.75 bits per heavy atom. The van der Waals surface area contributed by atoms with Crippen LogP contribution in [0.25, 0.3) is 0 Å². The summed E-state index contributed by atoms with van der Waals surface area (Å²) in [6.45, 7) is 8.97. The van der Waals surface area contributed by atoms with Gasteiger partial charge in [0.1, 0.15) is 11.1 Å². The molecule has 0 aliphatic heterocycles. The normalized spacial score (nSPS) is 22.9. The zero-order valence-electron chi connectivity index (χ0n) is 17.2. The number of amides is 2. The first-order chi connectivity index (χ1) is 13.2. The summed E-state index contributed by atoms with van der Waals surface area (Å²) in [5.74, 6) is 1.09. The molecule has 28 heavy (non-hydrogen) atoms. The number of allylic oxidation sites excluding steroid dienone is 2. The first-order valence-corrected chi connectivity index (χ1v) is 10.3. The van der Waals surface area contributed by atoms with Crippen LogP contribution >= 0.6 is 0 Å². The topological polar surface area (TPSA) is 80.2 Å². The summed E-state index contributed by atoms with van der Waals surface area (Å²) >= 11 is 0. The summed E-state index contributed by atoms with van der Waals surface area (Å²) in [5, 5.41) is 5.69. The number of rotatable bonds is 7. The van der Waals surface area contributed by atoms with Gasteiger partial charge in [-0.3, -0.25) is 14.4 Å². The van der Waals surface area contributed by atoms with Gasteiger partial charge in [0.25, 0.3) is 11.8 Å². The molecule has 2 amide bonds. The molecule has 0 unspecified atom stereocenters. The van der Waals surface area contributed by atoms with E-state index in [1.165, 1.54) is 6.42 Å². The van der Waals surface area contributed by atoms with E-state index in [0.29, 0.717) is 36.8 Å². The lowest BCUT2D eigenvalue weighted by molar-refractivity contribution is 0.0940. The van der Waals surface area contributed by atoms with Crippen LogP contribution in [0.2, 0.25) is 0 Å². The van der Waals surface area contributed by atoms with Crippen molar-refractivity contribution in [2.24, 2.45) is 23.7 Å². The Bertz CT molecular complexity index is 838. The van der Waals surface area contributed by atoms with E-state index in [-0.39, 0.29) is 17.2 Å². The summed E-state index contributed by atoms with van der Waals surface area (Å²) in [6, 6.07) is -0.0891. The molecule has 6 nitrogen and oxygen atoms in total. The van der Waals surface area contributed by atoms with Crippen LogP contribution in [0, 0.1) is 23.7 Å². The van der Waals surface area contributed by atoms with Crippen molar-refractivity contribution in [3.8, 4) is 0 Å². The van der Waals surface area contributed by atoms with Gasteiger partial charge >= 0.3 is 0 Å². The molecule has 152 valence electrons. The molecule has 2 N–H and O–H groups in total. The molecule has 1 saturated carbocycles. The second-order valence-corrected chi connectivity index (χ2v) is 8.88. The van der Waals surface area contributed by atoms with Crippen molar-refractivity contribution in [3.63, 3.8) is 0 Å². The highest BCUT2D eigenvalue weighted by Crippen LogP contribution is 2.42. The van der Waals surface area contributed by atoms with E-state index in [2.05, 4.69) is 22.8 Å². The van der Waals surface area contributed by atoms with E-state index in [0.717, 1.165) is 6.42 Å². The van der Waals surface area contributed by atoms with Crippen LogP contribution in [0.1, 0.15) is 61.3 Å². The number of hydrogen-bond donors (Lipinski definition) is 2. The van der Waals surface area contributed by atoms with Crippen molar-refractivity contribution < 1.29 is 9.59 Å². The first kappa shape index (κ1) is 20.4. The summed E-state index contributed by atoms with van der Waals surface area (Å²) in [5.41, 5.74) is -0.455. The molecule has 3 rings (SSSR count).